The monoisotopic (exact) mass is 389 g/mol. The van der Waals surface area contributed by atoms with Crippen LogP contribution >= 0.6 is 0 Å². The molecule has 1 aliphatic rings. The highest BCUT2D eigenvalue weighted by Crippen LogP contribution is 2.24. The molecule has 6 heteroatoms. The van der Waals surface area contributed by atoms with E-state index in [9.17, 15) is 14.0 Å². The van der Waals surface area contributed by atoms with Crippen LogP contribution in [0.25, 0.3) is 0 Å². The summed E-state index contributed by atoms with van der Waals surface area (Å²) in [5, 5.41) is 2.86. The Bertz CT molecular complexity index is 1020. The van der Waals surface area contributed by atoms with Gasteiger partial charge in [0.05, 0.1) is 5.69 Å². The minimum atomic E-state index is -0.482. The Morgan fingerprint density at radius 1 is 0.862 bits per heavy atom. The van der Waals surface area contributed by atoms with E-state index in [1.807, 2.05) is 6.07 Å². The number of hydrogen-bond acceptors (Lipinski definition) is 4. The fourth-order valence-corrected chi connectivity index (χ4v) is 3.40. The Hall–Kier alpha value is -3.35. The Morgan fingerprint density at radius 2 is 1.55 bits per heavy atom. The molecule has 3 aromatic carbocycles. The lowest BCUT2D eigenvalue weighted by atomic mass is 10.0. The zero-order valence-corrected chi connectivity index (χ0v) is 15.6. The molecule has 0 spiro atoms. The highest BCUT2D eigenvalue weighted by molar-refractivity contribution is 6.14. The zero-order chi connectivity index (χ0) is 20.2. The van der Waals surface area contributed by atoms with Gasteiger partial charge in [0.1, 0.15) is 11.9 Å². The lowest BCUT2D eigenvalue weighted by Gasteiger charge is -2.14. The summed E-state index contributed by atoms with van der Waals surface area (Å²) in [6.45, 7) is 0. The molecule has 29 heavy (non-hydrogen) atoms. The van der Waals surface area contributed by atoms with E-state index in [1.165, 1.54) is 12.1 Å². The number of para-hydroxylation sites is 1. The Balaban J connectivity index is 1.47. The number of rotatable bonds is 5. The second-order valence-corrected chi connectivity index (χ2v) is 6.91. The van der Waals surface area contributed by atoms with E-state index >= 15 is 0 Å². The summed E-state index contributed by atoms with van der Waals surface area (Å²) < 4.78 is 13.1. The molecule has 1 saturated heterocycles. The van der Waals surface area contributed by atoms with Crippen LogP contribution in [-0.2, 0) is 4.79 Å². The normalized spacial score (nSPS) is 18.4. The minimum Gasteiger partial charge on any atom is -0.324 e. The zero-order valence-electron chi connectivity index (χ0n) is 15.6. The van der Waals surface area contributed by atoms with E-state index in [1.54, 1.807) is 60.7 Å². The first-order valence-electron chi connectivity index (χ1n) is 9.38. The number of ketones is 1. The van der Waals surface area contributed by atoms with Gasteiger partial charge >= 0.3 is 0 Å². The summed E-state index contributed by atoms with van der Waals surface area (Å²) in [5.41, 5.74) is 8.42. The number of hydrazine groups is 1. The first-order valence-corrected chi connectivity index (χ1v) is 9.38. The van der Waals surface area contributed by atoms with Gasteiger partial charge in [-0.3, -0.25) is 9.59 Å². The van der Waals surface area contributed by atoms with E-state index in [2.05, 4.69) is 16.2 Å². The summed E-state index contributed by atoms with van der Waals surface area (Å²) >= 11 is 0. The Kier molecular flexibility index (Phi) is 5.46. The summed E-state index contributed by atoms with van der Waals surface area (Å²) in [7, 11) is 0. The molecule has 0 radical (unpaired) electrons. The van der Waals surface area contributed by atoms with E-state index in [-0.39, 0.29) is 23.5 Å². The van der Waals surface area contributed by atoms with Crippen molar-refractivity contribution in [1.29, 1.82) is 0 Å². The second kappa shape index (κ2) is 8.34. The van der Waals surface area contributed by atoms with Gasteiger partial charge in [0.15, 0.2) is 5.78 Å². The predicted molar refractivity (Wildman–Crippen MR) is 109 cm³/mol. The molecule has 1 amide bonds. The van der Waals surface area contributed by atoms with E-state index < -0.39 is 6.04 Å². The van der Waals surface area contributed by atoms with Gasteiger partial charge < -0.3 is 5.32 Å². The molecule has 1 heterocycles. The molecule has 1 aliphatic heterocycles. The van der Waals surface area contributed by atoms with Crippen LogP contribution in [0.5, 0.6) is 0 Å². The molecule has 5 nitrogen and oxygen atoms in total. The van der Waals surface area contributed by atoms with Crippen LogP contribution in [0.1, 0.15) is 33.9 Å². The van der Waals surface area contributed by atoms with Crippen molar-refractivity contribution in [3.05, 3.63) is 101 Å². The number of amides is 1. The number of carbonyl (C=O) groups excluding carboxylic acids is 2. The third-order valence-corrected chi connectivity index (χ3v) is 4.96. The largest absolute Gasteiger partial charge is 0.324 e. The van der Waals surface area contributed by atoms with Crippen LogP contribution in [0.15, 0.2) is 78.9 Å². The third-order valence-electron chi connectivity index (χ3n) is 4.96. The summed E-state index contributed by atoms with van der Waals surface area (Å²) in [4.78, 5) is 25.6. The van der Waals surface area contributed by atoms with Gasteiger partial charge in [0.2, 0.25) is 5.91 Å². The molecular formula is C23H20FN3O2. The van der Waals surface area contributed by atoms with Gasteiger partial charge in [-0.15, -0.1) is 0 Å². The molecular weight excluding hydrogens is 369 g/mol. The Morgan fingerprint density at radius 3 is 2.31 bits per heavy atom. The number of halogens is 1. The third kappa shape index (κ3) is 4.23. The maximum Gasteiger partial charge on any atom is 0.242 e. The van der Waals surface area contributed by atoms with Crippen LogP contribution in [0, 0.1) is 5.82 Å². The van der Waals surface area contributed by atoms with Crippen molar-refractivity contribution in [3.63, 3.8) is 0 Å². The fourth-order valence-electron chi connectivity index (χ4n) is 3.40. The molecule has 1 fully saturated rings. The number of anilines is 1. The van der Waals surface area contributed by atoms with Crippen molar-refractivity contribution < 1.29 is 14.0 Å². The van der Waals surface area contributed by atoms with Gasteiger partial charge in [-0.2, -0.15) is 0 Å². The van der Waals surface area contributed by atoms with Crippen molar-refractivity contribution in [3.8, 4) is 0 Å². The van der Waals surface area contributed by atoms with Crippen molar-refractivity contribution in [2.24, 2.45) is 0 Å². The highest BCUT2D eigenvalue weighted by atomic mass is 19.1. The maximum atomic E-state index is 13.1. The quantitative estimate of drug-likeness (QED) is 0.583. The van der Waals surface area contributed by atoms with Gasteiger partial charge in [-0.1, -0.05) is 54.6 Å². The molecule has 3 N–H and O–H groups in total. The van der Waals surface area contributed by atoms with E-state index in [0.29, 0.717) is 23.2 Å². The smallest absolute Gasteiger partial charge is 0.242 e. The van der Waals surface area contributed by atoms with Crippen molar-refractivity contribution in [2.45, 2.75) is 18.5 Å². The van der Waals surface area contributed by atoms with Crippen LogP contribution in [0.2, 0.25) is 0 Å². The molecule has 0 saturated carbocycles. The number of benzene rings is 3. The lowest BCUT2D eigenvalue weighted by Crippen LogP contribution is -2.39. The minimum absolute atomic E-state index is 0.104. The second-order valence-electron chi connectivity index (χ2n) is 6.91. The number of nitrogens with one attached hydrogen (secondary N) is 3. The van der Waals surface area contributed by atoms with Crippen LogP contribution in [0.4, 0.5) is 10.1 Å². The van der Waals surface area contributed by atoms with Gasteiger partial charge in [-0.05, 0) is 36.2 Å². The van der Waals surface area contributed by atoms with Gasteiger partial charge in [0.25, 0.3) is 0 Å². The predicted octanol–water partition coefficient (Wildman–Crippen LogP) is 3.60. The molecule has 0 aliphatic carbocycles. The standard InChI is InChI=1S/C23H20FN3O2/c24-17-12-10-15(11-13-17)20-14-21(27-26-20)23(29)25-19-9-5-4-8-18(19)22(28)16-6-2-1-3-7-16/h1-13,20-21,26-27H,14H2,(H,25,29). The van der Waals surface area contributed by atoms with Gasteiger partial charge in [0, 0.05) is 17.2 Å². The first kappa shape index (κ1) is 19.0. The molecule has 2 atom stereocenters. The maximum absolute atomic E-state index is 13.1. The average Bonchev–Trinajstić information content (AvgIpc) is 3.25. The molecule has 0 aromatic heterocycles. The van der Waals surface area contributed by atoms with Crippen molar-refractivity contribution in [2.75, 3.05) is 5.32 Å². The molecule has 0 bridgehead atoms. The topological polar surface area (TPSA) is 70.2 Å². The first-order chi connectivity index (χ1) is 14.1. The van der Waals surface area contributed by atoms with Crippen LogP contribution in [0.3, 0.4) is 0 Å². The molecule has 146 valence electrons. The average molecular weight is 389 g/mol. The molecule has 3 aromatic rings. The fraction of sp³-hybridized carbons (Fsp3) is 0.130. The van der Waals surface area contributed by atoms with E-state index in [4.69, 9.17) is 0 Å². The van der Waals surface area contributed by atoms with E-state index in [0.717, 1.165) is 5.56 Å². The number of hydrogen-bond donors (Lipinski definition) is 3. The Labute approximate surface area is 167 Å². The van der Waals surface area contributed by atoms with Crippen molar-refractivity contribution >= 4 is 17.4 Å². The summed E-state index contributed by atoms with van der Waals surface area (Å²) in [6.07, 6.45) is 0.506. The van der Waals surface area contributed by atoms with Gasteiger partial charge in [-0.25, -0.2) is 15.2 Å². The van der Waals surface area contributed by atoms with Crippen LogP contribution < -0.4 is 16.2 Å². The SMILES string of the molecule is O=C(c1ccccc1)c1ccccc1NC(=O)C1CC(c2ccc(F)cc2)NN1. The lowest BCUT2D eigenvalue weighted by molar-refractivity contribution is -0.117. The number of carbonyl (C=O) groups is 2. The summed E-state index contributed by atoms with van der Waals surface area (Å²) in [5.74, 6) is -0.688. The molecule has 4 rings (SSSR count). The summed E-state index contributed by atoms with van der Waals surface area (Å²) in [6, 6.07) is 21.5. The highest BCUT2D eigenvalue weighted by Gasteiger charge is 2.30. The molecule has 2 unspecified atom stereocenters. The van der Waals surface area contributed by atoms with Crippen molar-refractivity contribution in [1.82, 2.24) is 10.9 Å². The van der Waals surface area contributed by atoms with Crippen LogP contribution in [-0.4, -0.2) is 17.7 Å².